The molecule has 0 aromatic heterocycles. The van der Waals surface area contributed by atoms with E-state index in [0.29, 0.717) is 6.42 Å². The molecular weight excluding hydrogens is 238 g/mol. The number of hydrazine groups is 1. The zero-order valence-corrected chi connectivity index (χ0v) is 12.0. The number of rotatable bonds is 8. The van der Waals surface area contributed by atoms with Crippen molar-refractivity contribution in [3.05, 3.63) is 35.4 Å². The minimum atomic E-state index is -0.152. The lowest BCUT2D eigenvalue weighted by atomic mass is 10.0. The Balaban J connectivity index is 2.59. The standard InChI is InChI=1S/C15H25N3O/c1-3-4-7-10-18(2)12-14-9-6-5-8-13(14)11-15(19)17-16/h5-6,8-9H,3-4,7,10-12,16H2,1-2H3,(H,17,19). The summed E-state index contributed by atoms with van der Waals surface area (Å²) in [7, 11) is 2.12. The highest BCUT2D eigenvalue weighted by Gasteiger charge is 2.08. The van der Waals surface area contributed by atoms with Gasteiger partial charge in [0.15, 0.2) is 0 Å². The van der Waals surface area contributed by atoms with E-state index in [2.05, 4.69) is 30.4 Å². The van der Waals surface area contributed by atoms with Gasteiger partial charge in [-0.25, -0.2) is 5.84 Å². The minimum Gasteiger partial charge on any atom is -0.302 e. The molecule has 1 rings (SSSR count). The van der Waals surface area contributed by atoms with E-state index >= 15 is 0 Å². The van der Waals surface area contributed by atoms with Crippen LogP contribution in [0.5, 0.6) is 0 Å². The smallest absolute Gasteiger partial charge is 0.238 e. The number of carbonyl (C=O) groups is 1. The maximum absolute atomic E-state index is 11.4. The first-order valence-corrected chi connectivity index (χ1v) is 6.92. The number of nitrogens with one attached hydrogen (secondary N) is 1. The van der Waals surface area contributed by atoms with Crippen molar-refractivity contribution in [3.8, 4) is 0 Å². The predicted molar refractivity (Wildman–Crippen MR) is 78.3 cm³/mol. The van der Waals surface area contributed by atoms with Gasteiger partial charge in [0, 0.05) is 6.54 Å². The number of carbonyl (C=O) groups excluding carboxylic acids is 1. The van der Waals surface area contributed by atoms with Crippen LogP contribution in [-0.2, 0) is 17.8 Å². The van der Waals surface area contributed by atoms with Gasteiger partial charge < -0.3 is 4.90 Å². The van der Waals surface area contributed by atoms with Crippen LogP contribution in [0.2, 0.25) is 0 Å². The lowest BCUT2D eigenvalue weighted by molar-refractivity contribution is -0.120. The van der Waals surface area contributed by atoms with E-state index in [1.165, 1.54) is 24.8 Å². The Morgan fingerprint density at radius 3 is 2.58 bits per heavy atom. The molecular formula is C15H25N3O. The van der Waals surface area contributed by atoms with Gasteiger partial charge in [0.2, 0.25) is 5.91 Å². The second-order valence-corrected chi connectivity index (χ2v) is 4.96. The van der Waals surface area contributed by atoms with Crippen LogP contribution in [0, 0.1) is 0 Å². The average molecular weight is 263 g/mol. The number of nitrogens with zero attached hydrogens (tertiary/aromatic N) is 1. The third-order valence-electron chi connectivity index (χ3n) is 3.21. The van der Waals surface area contributed by atoms with E-state index in [-0.39, 0.29) is 5.91 Å². The Morgan fingerprint density at radius 1 is 1.26 bits per heavy atom. The third kappa shape index (κ3) is 5.85. The van der Waals surface area contributed by atoms with Gasteiger partial charge in [-0.1, -0.05) is 44.0 Å². The normalized spacial score (nSPS) is 10.7. The molecule has 0 spiro atoms. The van der Waals surface area contributed by atoms with E-state index in [1.54, 1.807) is 0 Å². The molecule has 106 valence electrons. The first-order valence-electron chi connectivity index (χ1n) is 6.92. The maximum Gasteiger partial charge on any atom is 0.238 e. The van der Waals surface area contributed by atoms with E-state index < -0.39 is 0 Å². The Kier molecular flexibility index (Phi) is 7.15. The van der Waals surface area contributed by atoms with Crippen molar-refractivity contribution in [3.63, 3.8) is 0 Å². The minimum absolute atomic E-state index is 0.152. The van der Waals surface area contributed by atoms with Crippen molar-refractivity contribution in [2.75, 3.05) is 13.6 Å². The Labute approximate surface area is 115 Å². The number of hydrogen-bond acceptors (Lipinski definition) is 3. The van der Waals surface area contributed by atoms with Crippen molar-refractivity contribution in [2.24, 2.45) is 5.84 Å². The van der Waals surface area contributed by atoms with Crippen molar-refractivity contribution in [2.45, 2.75) is 39.2 Å². The molecule has 0 unspecified atom stereocenters. The zero-order chi connectivity index (χ0) is 14.1. The summed E-state index contributed by atoms with van der Waals surface area (Å²) in [5.41, 5.74) is 4.43. The molecule has 0 fully saturated rings. The summed E-state index contributed by atoms with van der Waals surface area (Å²) in [5.74, 6) is 4.99. The number of amides is 1. The molecule has 0 aliphatic carbocycles. The Bertz CT molecular complexity index is 393. The summed E-state index contributed by atoms with van der Waals surface area (Å²) in [4.78, 5) is 13.7. The molecule has 1 aromatic carbocycles. The van der Waals surface area contributed by atoms with Gasteiger partial charge in [-0.2, -0.15) is 0 Å². The molecule has 19 heavy (non-hydrogen) atoms. The van der Waals surface area contributed by atoms with Crippen LogP contribution in [0.3, 0.4) is 0 Å². The van der Waals surface area contributed by atoms with Gasteiger partial charge in [0.1, 0.15) is 0 Å². The number of unbranched alkanes of at least 4 members (excludes halogenated alkanes) is 2. The second kappa shape index (κ2) is 8.67. The van der Waals surface area contributed by atoms with Crippen molar-refractivity contribution in [1.82, 2.24) is 10.3 Å². The van der Waals surface area contributed by atoms with Gasteiger partial charge in [-0.15, -0.1) is 0 Å². The zero-order valence-electron chi connectivity index (χ0n) is 12.0. The highest BCUT2D eigenvalue weighted by Crippen LogP contribution is 2.12. The molecule has 0 atom stereocenters. The molecule has 0 aliphatic rings. The molecule has 4 heteroatoms. The van der Waals surface area contributed by atoms with E-state index in [0.717, 1.165) is 18.7 Å². The molecule has 0 aliphatic heterocycles. The summed E-state index contributed by atoms with van der Waals surface area (Å²) in [6.45, 7) is 4.17. The van der Waals surface area contributed by atoms with Crippen LogP contribution < -0.4 is 11.3 Å². The summed E-state index contributed by atoms with van der Waals surface area (Å²) in [6, 6.07) is 8.04. The third-order valence-corrected chi connectivity index (χ3v) is 3.21. The van der Waals surface area contributed by atoms with Crippen molar-refractivity contribution >= 4 is 5.91 Å². The van der Waals surface area contributed by atoms with Crippen LogP contribution in [0.1, 0.15) is 37.3 Å². The average Bonchev–Trinajstić information content (AvgIpc) is 2.41. The van der Waals surface area contributed by atoms with E-state index in [4.69, 9.17) is 5.84 Å². The van der Waals surface area contributed by atoms with Gasteiger partial charge in [0.05, 0.1) is 6.42 Å². The van der Waals surface area contributed by atoms with Crippen LogP contribution >= 0.6 is 0 Å². The van der Waals surface area contributed by atoms with Crippen LogP contribution in [0.25, 0.3) is 0 Å². The van der Waals surface area contributed by atoms with Gasteiger partial charge >= 0.3 is 0 Å². The molecule has 0 saturated heterocycles. The van der Waals surface area contributed by atoms with Crippen molar-refractivity contribution < 1.29 is 4.79 Å². The topological polar surface area (TPSA) is 58.4 Å². The lowest BCUT2D eigenvalue weighted by Crippen LogP contribution is -2.32. The molecule has 4 nitrogen and oxygen atoms in total. The molecule has 1 aromatic rings. The highest BCUT2D eigenvalue weighted by molar-refractivity contribution is 5.78. The maximum atomic E-state index is 11.4. The fourth-order valence-corrected chi connectivity index (χ4v) is 2.11. The lowest BCUT2D eigenvalue weighted by Gasteiger charge is -2.18. The molecule has 0 heterocycles. The van der Waals surface area contributed by atoms with E-state index in [1.807, 2.05) is 18.2 Å². The van der Waals surface area contributed by atoms with Crippen LogP contribution in [-0.4, -0.2) is 24.4 Å². The largest absolute Gasteiger partial charge is 0.302 e. The molecule has 0 saturated carbocycles. The fraction of sp³-hybridized carbons (Fsp3) is 0.533. The van der Waals surface area contributed by atoms with E-state index in [9.17, 15) is 4.79 Å². The first kappa shape index (κ1) is 15.7. The van der Waals surface area contributed by atoms with Gasteiger partial charge in [-0.05, 0) is 31.1 Å². The van der Waals surface area contributed by atoms with Gasteiger partial charge in [0.25, 0.3) is 0 Å². The molecule has 1 amide bonds. The monoisotopic (exact) mass is 263 g/mol. The number of hydrogen-bond donors (Lipinski definition) is 2. The SMILES string of the molecule is CCCCCN(C)Cc1ccccc1CC(=O)NN. The highest BCUT2D eigenvalue weighted by atomic mass is 16.2. The van der Waals surface area contributed by atoms with Crippen molar-refractivity contribution in [1.29, 1.82) is 0 Å². The number of benzene rings is 1. The summed E-state index contributed by atoms with van der Waals surface area (Å²) < 4.78 is 0. The summed E-state index contributed by atoms with van der Waals surface area (Å²) >= 11 is 0. The molecule has 0 radical (unpaired) electrons. The number of nitrogens with two attached hydrogens (primary N) is 1. The summed E-state index contributed by atoms with van der Waals surface area (Å²) in [5, 5.41) is 0. The van der Waals surface area contributed by atoms with Gasteiger partial charge in [-0.3, -0.25) is 10.2 Å². The van der Waals surface area contributed by atoms with Crippen LogP contribution in [0.4, 0.5) is 0 Å². The molecule has 0 bridgehead atoms. The second-order valence-electron chi connectivity index (χ2n) is 4.96. The summed E-state index contributed by atoms with van der Waals surface area (Å²) in [6.07, 6.45) is 4.07. The molecule has 3 N–H and O–H groups in total. The first-order chi connectivity index (χ1) is 9.17. The Morgan fingerprint density at radius 2 is 1.95 bits per heavy atom. The van der Waals surface area contributed by atoms with Crippen LogP contribution in [0.15, 0.2) is 24.3 Å². The predicted octanol–water partition coefficient (Wildman–Crippen LogP) is 1.84. The quantitative estimate of drug-likeness (QED) is 0.326. The Hall–Kier alpha value is -1.39. The fourth-order valence-electron chi connectivity index (χ4n) is 2.11.